The third-order valence-electron chi connectivity index (χ3n) is 1.97. The van der Waals surface area contributed by atoms with E-state index in [1.165, 1.54) is 0 Å². The van der Waals surface area contributed by atoms with Crippen LogP contribution >= 0.6 is 0 Å². The van der Waals surface area contributed by atoms with E-state index >= 15 is 0 Å². The molecule has 0 fully saturated rings. The fraction of sp³-hybridized carbons (Fsp3) is 0.417. The summed E-state index contributed by atoms with van der Waals surface area (Å²) in [5.41, 5.74) is 7.86. The van der Waals surface area contributed by atoms with Gasteiger partial charge in [0.1, 0.15) is 6.07 Å². The van der Waals surface area contributed by atoms with E-state index in [0.29, 0.717) is 11.3 Å². The minimum atomic E-state index is 0.189. The highest BCUT2D eigenvalue weighted by molar-refractivity contribution is 5.62. The molecule has 0 aliphatic rings. The molecule has 0 spiro atoms. The summed E-state index contributed by atoms with van der Waals surface area (Å²) in [6.45, 7) is 7.25. The van der Waals surface area contributed by atoms with Gasteiger partial charge in [0.15, 0.2) is 0 Å². The summed E-state index contributed by atoms with van der Waals surface area (Å²) in [7, 11) is 0. The van der Waals surface area contributed by atoms with Gasteiger partial charge in [-0.25, -0.2) is 0 Å². The molecule has 0 radical (unpaired) electrons. The molecular formula is C12H17N3. The molecule has 3 heteroatoms. The van der Waals surface area contributed by atoms with E-state index in [2.05, 4.69) is 32.2 Å². The Morgan fingerprint density at radius 3 is 2.60 bits per heavy atom. The molecule has 0 aliphatic carbocycles. The van der Waals surface area contributed by atoms with E-state index in [0.717, 1.165) is 12.2 Å². The van der Waals surface area contributed by atoms with Gasteiger partial charge in [0.05, 0.1) is 11.3 Å². The average molecular weight is 203 g/mol. The molecule has 80 valence electrons. The monoisotopic (exact) mass is 203 g/mol. The Balaban J connectivity index is 2.82. The first kappa shape index (κ1) is 11.4. The second-order valence-electron chi connectivity index (χ2n) is 4.83. The molecule has 1 rings (SSSR count). The third-order valence-corrected chi connectivity index (χ3v) is 1.97. The highest BCUT2D eigenvalue weighted by atomic mass is 14.9. The number of rotatable bonds is 2. The number of hydrogen-bond donors (Lipinski definition) is 2. The van der Waals surface area contributed by atoms with E-state index < -0.39 is 0 Å². The summed E-state index contributed by atoms with van der Waals surface area (Å²) in [6.07, 6.45) is 0. The number of nitrogen functional groups attached to an aromatic ring is 1. The summed E-state index contributed by atoms with van der Waals surface area (Å²) in [5.74, 6) is 0. The van der Waals surface area contributed by atoms with Gasteiger partial charge in [0.2, 0.25) is 0 Å². The molecule has 0 atom stereocenters. The molecule has 0 bridgehead atoms. The zero-order chi connectivity index (χ0) is 11.5. The van der Waals surface area contributed by atoms with Crippen LogP contribution in [0.4, 0.5) is 11.4 Å². The Hall–Kier alpha value is -1.69. The molecule has 0 amide bonds. The standard InChI is InChI=1S/C12H17N3/c1-12(2,3)8-15-11-5-4-10(14)6-9(11)7-13/h4-6,15H,8,14H2,1-3H3. The van der Waals surface area contributed by atoms with Gasteiger partial charge in [-0.2, -0.15) is 5.26 Å². The van der Waals surface area contributed by atoms with E-state index in [4.69, 9.17) is 11.0 Å². The number of benzene rings is 1. The van der Waals surface area contributed by atoms with Gasteiger partial charge >= 0.3 is 0 Å². The summed E-state index contributed by atoms with van der Waals surface area (Å²) in [6, 6.07) is 7.46. The van der Waals surface area contributed by atoms with Gasteiger partial charge < -0.3 is 11.1 Å². The normalized spacial score (nSPS) is 10.8. The summed E-state index contributed by atoms with van der Waals surface area (Å²) in [5, 5.41) is 12.2. The Morgan fingerprint density at radius 1 is 1.40 bits per heavy atom. The molecule has 0 aliphatic heterocycles. The van der Waals surface area contributed by atoms with Crippen molar-refractivity contribution in [1.82, 2.24) is 0 Å². The number of anilines is 2. The highest BCUT2D eigenvalue weighted by Gasteiger charge is 2.10. The zero-order valence-electron chi connectivity index (χ0n) is 9.46. The third kappa shape index (κ3) is 3.51. The predicted octanol–water partition coefficient (Wildman–Crippen LogP) is 2.60. The zero-order valence-corrected chi connectivity index (χ0v) is 9.46. The van der Waals surface area contributed by atoms with Crippen molar-refractivity contribution in [3.63, 3.8) is 0 Å². The number of nitriles is 1. The topological polar surface area (TPSA) is 61.8 Å². The SMILES string of the molecule is CC(C)(C)CNc1ccc(N)cc1C#N. The fourth-order valence-corrected chi connectivity index (χ4v) is 1.17. The number of nitrogens with two attached hydrogens (primary N) is 1. The first-order valence-electron chi connectivity index (χ1n) is 4.96. The first-order chi connectivity index (χ1) is 6.92. The van der Waals surface area contributed by atoms with Crippen LogP contribution in [0.3, 0.4) is 0 Å². The molecule has 3 N–H and O–H groups in total. The largest absolute Gasteiger partial charge is 0.399 e. The Kier molecular flexibility index (Phi) is 3.21. The maximum atomic E-state index is 8.93. The van der Waals surface area contributed by atoms with Gasteiger partial charge in [0.25, 0.3) is 0 Å². The van der Waals surface area contributed by atoms with Crippen LogP contribution in [0, 0.1) is 16.7 Å². The van der Waals surface area contributed by atoms with Crippen LogP contribution in [-0.4, -0.2) is 6.54 Å². The first-order valence-corrected chi connectivity index (χ1v) is 4.96. The maximum Gasteiger partial charge on any atom is 0.101 e. The van der Waals surface area contributed by atoms with Crippen molar-refractivity contribution in [1.29, 1.82) is 5.26 Å². The van der Waals surface area contributed by atoms with Gasteiger partial charge in [-0.1, -0.05) is 20.8 Å². The Bertz CT molecular complexity index is 383. The molecule has 1 aromatic carbocycles. The van der Waals surface area contributed by atoms with Crippen molar-refractivity contribution >= 4 is 11.4 Å². The lowest BCUT2D eigenvalue weighted by Gasteiger charge is -2.20. The lowest BCUT2D eigenvalue weighted by atomic mass is 9.96. The quantitative estimate of drug-likeness (QED) is 0.726. The fourth-order valence-electron chi connectivity index (χ4n) is 1.17. The van der Waals surface area contributed by atoms with Crippen molar-refractivity contribution < 1.29 is 0 Å². The van der Waals surface area contributed by atoms with Crippen molar-refractivity contribution in [3.8, 4) is 6.07 Å². The molecule has 3 nitrogen and oxygen atoms in total. The van der Waals surface area contributed by atoms with E-state index in [1.807, 2.05) is 6.07 Å². The van der Waals surface area contributed by atoms with Crippen LogP contribution in [-0.2, 0) is 0 Å². The molecular weight excluding hydrogens is 186 g/mol. The lowest BCUT2D eigenvalue weighted by Crippen LogP contribution is -2.19. The molecule has 0 aromatic heterocycles. The molecule has 1 aromatic rings. The Labute approximate surface area is 90.9 Å². The van der Waals surface area contributed by atoms with Crippen LogP contribution in [0.5, 0.6) is 0 Å². The van der Waals surface area contributed by atoms with Gasteiger partial charge in [-0.3, -0.25) is 0 Å². The molecule has 0 saturated heterocycles. The minimum absolute atomic E-state index is 0.189. The van der Waals surface area contributed by atoms with Crippen molar-refractivity contribution in [3.05, 3.63) is 23.8 Å². The average Bonchev–Trinajstić information content (AvgIpc) is 2.14. The number of hydrogen-bond acceptors (Lipinski definition) is 3. The van der Waals surface area contributed by atoms with E-state index in [-0.39, 0.29) is 5.41 Å². The summed E-state index contributed by atoms with van der Waals surface area (Å²) >= 11 is 0. The van der Waals surface area contributed by atoms with Crippen molar-refractivity contribution in [2.24, 2.45) is 5.41 Å². The lowest BCUT2D eigenvalue weighted by molar-refractivity contribution is 0.443. The smallest absolute Gasteiger partial charge is 0.101 e. The Morgan fingerprint density at radius 2 is 2.07 bits per heavy atom. The molecule has 0 heterocycles. The van der Waals surface area contributed by atoms with Crippen LogP contribution < -0.4 is 11.1 Å². The molecule has 0 saturated carbocycles. The van der Waals surface area contributed by atoms with Crippen LogP contribution in [0.2, 0.25) is 0 Å². The van der Waals surface area contributed by atoms with E-state index in [1.54, 1.807) is 12.1 Å². The van der Waals surface area contributed by atoms with Crippen molar-refractivity contribution in [2.45, 2.75) is 20.8 Å². The molecule has 0 unspecified atom stereocenters. The second-order valence-corrected chi connectivity index (χ2v) is 4.83. The van der Waals surface area contributed by atoms with Crippen LogP contribution in [0.15, 0.2) is 18.2 Å². The summed E-state index contributed by atoms with van der Waals surface area (Å²) in [4.78, 5) is 0. The van der Waals surface area contributed by atoms with Gasteiger partial charge in [-0.15, -0.1) is 0 Å². The number of nitrogens with zero attached hydrogens (tertiary/aromatic N) is 1. The number of nitrogens with one attached hydrogen (secondary N) is 1. The summed E-state index contributed by atoms with van der Waals surface area (Å²) < 4.78 is 0. The maximum absolute atomic E-state index is 8.93. The predicted molar refractivity (Wildman–Crippen MR) is 63.5 cm³/mol. The van der Waals surface area contributed by atoms with Gasteiger partial charge in [-0.05, 0) is 23.6 Å². The van der Waals surface area contributed by atoms with Crippen molar-refractivity contribution in [2.75, 3.05) is 17.6 Å². The van der Waals surface area contributed by atoms with E-state index in [9.17, 15) is 0 Å². The highest BCUT2D eigenvalue weighted by Crippen LogP contribution is 2.20. The van der Waals surface area contributed by atoms with Gasteiger partial charge in [0, 0.05) is 12.2 Å². The van der Waals surface area contributed by atoms with Crippen LogP contribution in [0.25, 0.3) is 0 Å². The van der Waals surface area contributed by atoms with Crippen LogP contribution in [0.1, 0.15) is 26.3 Å². The minimum Gasteiger partial charge on any atom is -0.399 e. The second kappa shape index (κ2) is 4.22. The molecule has 15 heavy (non-hydrogen) atoms.